The Bertz CT molecular complexity index is 666. The van der Waals surface area contributed by atoms with Crippen LogP contribution in [-0.2, 0) is 6.42 Å². The molecule has 0 saturated carbocycles. The molecule has 0 spiro atoms. The van der Waals surface area contributed by atoms with Crippen molar-refractivity contribution in [1.82, 2.24) is 9.97 Å². The van der Waals surface area contributed by atoms with E-state index in [0.29, 0.717) is 12.0 Å². The first kappa shape index (κ1) is 12.8. The summed E-state index contributed by atoms with van der Waals surface area (Å²) in [6.45, 7) is 5.64. The summed E-state index contributed by atoms with van der Waals surface area (Å²) < 4.78 is 0. The number of benzene rings is 1. The van der Waals surface area contributed by atoms with Crippen molar-refractivity contribution in [3.63, 3.8) is 0 Å². The van der Waals surface area contributed by atoms with E-state index in [1.54, 1.807) is 0 Å². The zero-order valence-corrected chi connectivity index (χ0v) is 12.7. The molecule has 3 heteroatoms. The van der Waals surface area contributed by atoms with Crippen molar-refractivity contribution < 1.29 is 0 Å². The van der Waals surface area contributed by atoms with E-state index < -0.39 is 0 Å². The number of aromatic nitrogens is 2. The molecule has 0 N–H and O–H groups in total. The molecule has 4 rings (SSSR count). The van der Waals surface area contributed by atoms with Gasteiger partial charge in [-0.25, -0.2) is 9.97 Å². The van der Waals surface area contributed by atoms with Gasteiger partial charge in [-0.15, -0.1) is 0 Å². The fraction of sp³-hybridized carbons (Fsp3) is 0.444. The third-order valence-electron chi connectivity index (χ3n) is 4.94. The molecule has 1 aliphatic heterocycles. The summed E-state index contributed by atoms with van der Waals surface area (Å²) in [6.07, 6.45) is 3.54. The van der Waals surface area contributed by atoms with Crippen LogP contribution >= 0.6 is 0 Å². The molecule has 108 valence electrons. The first-order chi connectivity index (χ1) is 10.2. The number of anilines is 1. The SMILES string of the molecule is CC1CCc2nc(N3CC[C@@H]3C)nc(-c3ccccc3)c21. The lowest BCUT2D eigenvalue weighted by molar-refractivity contribution is 0.470. The van der Waals surface area contributed by atoms with Crippen LogP contribution in [0.2, 0.25) is 0 Å². The van der Waals surface area contributed by atoms with Crippen LogP contribution in [0.15, 0.2) is 30.3 Å². The zero-order chi connectivity index (χ0) is 14.4. The molecule has 0 bridgehead atoms. The van der Waals surface area contributed by atoms with Gasteiger partial charge in [-0.2, -0.15) is 0 Å². The highest BCUT2D eigenvalue weighted by atomic mass is 15.3. The second-order valence-electron chi connectivity index (χ2n) is 6.37. The molecule has 21 heavy (non-hydrogen) atoms. The summed E-state index contributed by atoms with van der Waals surface area (Å²) in [7, 11) is 0. The molecule has 1 aromatic heterocycles. The Morgan fingerprint density at radius 1 is 1.05 bits per heavy atom. The van der Waals surface area contributed by atoms with Crippen LogP contribution in [0.5, 0.6) is 0 Å². The Kier molecular flexibility index (Phi) is 2.95. The zero-order valence-electron chi connectivity index (χ0n) is 12.7. The van der Waals surface area contributed by atoms with Gasteiger partial charge in [0.15, 0.2) is 0 Å². The van der Waals surface area contributed by atoms with Crippen molar-refractivity contribution >= 4 is 5.95 Å². The Morgan fingerprint density at radius 2 is 1.86 bits per heavy atom. The fourth-order valence-corrected chi connectivity index (χ4v) is 3.47. The molecule has 2 aliphatic rings. The Labute approximate surface area is 126 Å². The third-order valence-corrected chi connectivity index (χ3v) is 4.94. The molecule has 1 unspecified atom stereocenters. The van der Waals surface area contributed by atoms with E-state index in [-0.39, 0.29) is 0 Å². The molecule has 3 nitrogen and oxygen atoms in total. The van der Waals surface area contributed by atoms with Crippen LogP contribution in [0.3, 0.4) is 0 Å². The van der Waals surface area contributed by atoms with E-state index in [0.717, 1.165) is 24.6 Å². The molecular weight excluding hydrogens is 258 g/mol. The molecule has 2 atom stereocenters. The second kappa shape index (κ2) is 4.83. The maximum Gasteiger partial charge on any atom is 0.226 e. The van der Waals surface area contributed by atoms with Crippen molar-refractivity contribution in [3.8, 4) is 11.3 Å². The van der Waals surface area contributed by atoms with E-state index in [1.807, 2.05) is 0 Å². The van der Waals surface area contributed by atoms with Crippen LogP contribution in [0.25, 0.3) is 11.3 Å². The van der Waals surface area contributed by atoms with Gasteiger partial charge in [0.25, 0.3) is 0 Å². The minimum absolute atomic E-state index is 0.568. The lowest BCUT2D eigenvalue weighted by Crippen LogP contribution is -2.46. The Balaban J connectivity index is 1.87. The summed E-state index contributed by atoms with van der Waals surface area (Å²) in [5.74, 6) is 1.50. The predicted molar refractivity (Wildman–Crippen MR) is 85.6 cm³/mol. The number of fused-ring (bicyclic) bond motifs is 1. The Morgan fingerprint density at radius 3 is 2.52 bits per heavy atom. The lowest BCUT2D eigenvalue weighted by Gasteiger charge is -2.39. The highest BCUT2D eigenvalue weighted by Gasteiger charge is 2.31. The van der Waals surface area contributed by atoms with Crippen LogP contribution in [0.1, 0.15) is 43.9 Å². The minimum atomic E-state index is 0.568. The quantitative estimate of drug-likeness (QED) is 0.837. The summed E-state index contributed by atoms with van der Waals surface area (Å²) >= 11 is 0. The Hall–Kier alpha value is -1.90. The van der Waals surface area contributed by atoms with E-state index >= 15 is 0 Å². The van der Waals surface area contributed by atoms with E-state index in [2.05, 4.69) is 49.1 Å². The van der Waals surface area contributed by atoms with Gasteiger partial charge in [-0.1, -0.05) is 37.3 Å². The number of rotatable bonds is 2. The van der Waals surface area contributed by atoms with E-state index in [1.165, 1.54) is 29.7 Å². The van der Waals surface area contributed by atoms with Gasteiger partial charge in [0, 0.05) is 23.7 Å². The number of hydrogen-bond acceptors (Lipinski definition) is 3. The average molecular weight is 279 g/mol. The van der Waals surface area contributed by atoms with Gasteiger partial charge >= 0.3 is 0 Å². The van der Waals surface area contributed by atoms with Crippen molar-refractivity contribution in [1.29, 1.82) is 0 Å². The van der Waals surface area contributed by atoms with Crippen molar-refractivity contribution in [2.24, 2.45) is 0 Å². The van der Waals surface area contributed by atoms with E-state index in [4.69, 9.17) is 9.97 Å². The smallest absolute Gasteiger partial charge is 0.226 e. The van der Waals surface area contributed by atoms with Crippen molar-refractivity contribution in [2.45, 2.75) is 45.1 Å². The van der Waals surface area contributed by atoms with Crippen LogP contribution in [0.4, 0.5) is 5.95 Å². The van der Waals surface area contributed by atoms with Crippen molar-refractivity contribution in [3.05, 3.63) is 41.6 Å². The van der Waals surface area contributed by atoms with Gasteiger partial charge in [-0.3, -0.25) is 0 Å². The molecule has 1 fully saturated rings. The molecular formula is C18H21N3. The fourth-order valence-electron chi connectivity index (χ4n) is 3.47. The van der Waals surface area contributed by atoms with Gasteiger partial charge in [0.05, 0.1) is 11.4 Å². The second-order valence-corrected chi connectivity index (χ2v) is 6.37. The summed E-state index contributed by atoms with van der Waals surface area (Å²) in [5.41, 5.74) is 5.02. The minimum Gasteiger partial charge on any atom is -0.338 e. The largest absolute Gasteiger partial charge is 0.338 e. The lowest BCUT2D eigenvalue weighted by atomic mass is 9.98. The summed E-state index contributed by atoms with van der Waals surface area (Å²) in [6, 6.07) is 11.1. The standard InChI is InChI=1S/C18H21N3/c1-12-8-9-15-16(12)17(14-6-4-3-5-7-14)20-18(19-15)21-11-10-13(21)2/h3-7,12-13H,8-11H2,1-2H3/t12?,13-/m0/s1. The highest BCUT2D eigenvalue weighted by molar-refractivity contribution is 5.67. The van der Waals surface area contributed by atoms with E-state index in [9.17, 15) is 0 Å². The molecule has 0 amide bonds. The van der Waals surface area contributed by atoms with Gasteiger partial charge in [-0.05, 0) is 32.1 Å². The molecule has 2 heterocycles. The van der Waals surface area contributed by atoms with Gasteiger partial charge < -0.3 is 4.90 Å². The highest BCUT2D eigenvalue weighted by Crippen LogP contribution is 2.39. The van der Waals surface area contributed by atoms with Gasteiger partial charge in [0.2, 0.25) is 5.95 Å². The number of aryl methyl sites for hydroxylation is 1. The first-order valence-corrected chi connectivity index (χ1v) is 7.97. The normalized spacial score (nSPS) is 23.8. The third kappa shape index (κ3) is 2.03. The first-order valence-electron chi connectivity index (χ1n) is 7.97. The van der Waals surface area contributed by atoms with Crippen LogP contribution in [-0.4, -0.2) is 22.6 Å². The monoisotopic (exact) mass is 279 g/mol. The average Bonchev–Trinajstić information content (AvgIpc) is 2.87. The maximum atomic E-state index is 4.95. The molecule has 0 radical (unpaired) electrons. The van der Waals surface area contributed by atoms with Gasteiger partial charge in [0.1, 0.15) is 0 Å². The summed E-state index contributed by atoms with van der Waals surface area (Å²) in [4.78, 5) is 12.2. The molecule has 1 aliphatic carbocycles. The molecule has 2 aromatic rings. The predicted octanol–water partition coefficient (Wildman–Crippen LogP) is 3.79. The maximum absolute atomic E-state index is 4.95. The van der Waals surface area contributed by atoms with Crippen LogP contribution in [0, 0.1) is 0 Å². The van der Waals surface area contributed by atoms with Crippen molar-refractivity contribution in [2.75, 3.05) is 11.4 Å². The number of hydrogen-bond donors (Lipinski definition) is 0. The van der Waals surface area contributed by atoms with Crippen LogP contribution < -0.4 is 4.90 Å². The summed E-state index contributed by atoms with van der Waals surface area (Å²) in [5, 5.41) is 0. The number of nitrogens with zero attached hydrogens (tertiary/aromatic N) is 3. The topological polar surface area (TPSA) is 29.0 Å². The molecule has 1 aromatic carbocycles. The molecule has 1 saturated heterocycles.